The van der Waals surface area contributed by atoms with Crippen molar-refractivity contribution in [1.82, 2.24) is 16.0 Å². The van der Waals surface area contributed by atoms with E-state index in [0.717, 1.165) is 0 Å². The van der Waals surface area contributed by atoms with E-state index in [9.17, 15) is 28.8 Å². The fraction of sp³-hybridized carbons (Fsp3) is 0.667. The maximum absolute atomic E-state index is 12.7. The Bertz CT molecular complexity index is 713. The number of carbonyl (C=O) groups is 6. The molecule has 10 N–H and O–H groups in total. The molecule has 0 saturated carbocycles. The largest absolute Gasteiger partial charge is 0.481 e. The number of primary amides is 1. The molecule has 0 aliphatic rings. The zero-order chi connectivity index (χ0) is 25.0. The summed E-state index contributed by atoms with van der Waals surface area (Å²) in [5.41, 5.74) is 10.7. The Morgan fingerprint density at radius 2 is 1.34 bits per heavy atom. The molecule has 0 aliphatic carbocycles. The lowest BCUT2D eigenvalue weighted by Crippen LogP contribution is -2.58. The molecule has 0 aromatic carbocycles. The third-order valence-corrected chi connectivity index (χ3v) is 4.18. The van der Waals surface area contributed by atoms with E-state index in [1.807, 2.05) is 0 Å². The highest BCUT2D eigenvalue weighted by Gasteiger charge is 2.31. The van der Waals surface area contributed by atoms with E-state index < -0.39 is 79.2 Å². The molecule has 0 rings (SSSR count). The van der Waals surface area contributed by atoms with Gasteiger partial charge in [-0.3, -0.25) is 24.0 Å². The summed E-state index contributed by atoms with van der Waals surface area (Å²) in [5, 5.41) is 33.3. The molecule has 0 heterocycles. The number of aliphatic hydroxyl groups is 1. The normalized spacial score (nSPS) is 14.5. The Hall–Kier alpha value is -3.26. The molecule has 0 bridgehead atoms. The van der Waals surface area contributed by atoms with Crippen LogP contribution in [0.3, 0.4) is 0 Å². The Kier molecular flexibility index (Phi) is 12.5. The van der Waals surface area contributed by atoms with Crippen molar-refractivity contribution in [2.75, 3.05) is 6.61 Å². The van der Waals surface area contributed by atoms with Gasteiger partial charge in [-0.25, -0.2) is 4.79 Å². The van der Waals surface area contributed by atoms with Crippen LogP contribution in [-0.4, -0.2) is 81.7 Å². The summed E-state index contributed by atoms with van der Waals surface area (Å²) in [6, 6.07) is -5.62. The molecule has 182 valence electrons. The van der Waals surface area contributed by atoms with Gasteiger partial charge in [-0.15, -0.1) is 0 Å². The van der Waals surface area contributed by atoms with Crippen molar-refractivity contribution in [3.05, 3.63) is 0 Å². The molecule has 0 spiro atoms. The number of aliphatic carboxylic acids is 2. The third kappa shape index (κ3) is 11.2. The lowest BCUT2D eigenvalue weighted by molar-refractivity contribution is -0.143. The Labute approximate surface area is 184 Å². The molecule has 0 saturated heterocycles. The monoisotopic (exact) mass is 461 g/mol. The van der Waals surface area contributed by atoms with Crippen LogP contribution in [0.25, 0.3) is 0 Å². The summed E-state index contributed by atoms with van der Waals surface area (Å²) in [6.07, 6.45) is -1.17. The van der Waals surface area contributed by atoms with Crippen LogP contribution < -0.4 is 27.4 Å². The minimum absolute atomic E-state index is 0.0741. The van der Waals surface area contributed by atoms with Gasteiger partial charge in [0.2, 0.25) is 23.6 Å². The first-order valence-electron chi connectivity index (χ1n) is 9.78. The van der Waals surface area contributed by atoms with Gasteiger partial charge in [0.25, 0.3) is 0 Å². The quantitative estimate of drug-likeness (QED) is 0.120. The lowest BCUT2D eigenvalue weighted by Gasteiger charge is -2.25. The summed E-state index contributed by atoms with van der Waals surface area (Å²) in [7, 11) is 0. The molecular formula is C18H31N5O9. The first-order valence-corrected chi connectivity index (χ1v) is 9.78. The van der Waals surface area contributed by atoms with Crippen molar-refractivity contribution >= 4 is 35.6 Å². The van der Waals surface area contributed by atoms with Crippen molar-refractivity contribution in [2.24, 2.45) is 17.4 Å². The maximum atomic E-state index is 12.7. The number of amides is 4. The average molecular weight is 461 g/mol. The third-order valence-electron chi connectivity index (χ3n) is 4.18. The SMILES string of the molecule is CC(C)CC(NC(=O)C(CC(N)=O)NC(=O)C(N)CCC(=O)O)C(=O)NC(CO)C(=O)O. The van der Waals surface area contributed by atoms with Crippen LogP contribution in [0.5, 0.6) is 0 Å². The standard InChI is InChI=1S/C18H31N5O9/c1-8(2)5-10(16(29)23-12(7-24)18(31)32)22-17(30)11(6-13(20)25)21-15(28)9(19)3-4-14(26)27/h8-12,24H,3-7,19H2,1-2H3,(H2,20,25)(H,21,28)(H,22,30)(H,23,29)(H,26,27)(H,31,32). The number of carboxylic acid groups (broad SMARTS) is 2. The van der Waals surface area contributed by atoms with Gasteiger partial charge in [-0.1, -0.05) is 13.8 Å². The van der Waals surface area contributed by atoms with Crippen LogP contribution in [-0.2, 0) is 28.8 Å². The summed E-state index contributed by atoms with van der Waals surface area (Å²) in [5.74, 6) is -6.48. The van der Waals surface area contributed by atoms with Crippen molar-refractivity contribution < 1.29 is 44.1 Å². The predicted octanol–water partition coefficient (Wildman–Crippen LogP) is -3.37. The Morgan fingerprint density at radius 1 is 0.844 bits per heavy atom. The van der Waals surface area contributed by atoms with Crippen LogP contribution in [0.15, 0.2) is 0 Å². The Balaban J connectivity index is 5.41. The number of hydrogen-bond acceptors (Lipinski definition) is 8. The number of nitrogens with two attached hydrogens (primary N) is 2. The minimum Gasteiger partial charge on any atom is -0.481 e. The topological polar surface area (TPSA) is 251 Å². The molecular weight excluding hydrogens is 430 g/mol. The van der Waals surface area contributed by atoms with Crippen LogP contribution in [0, 0.1) is 5.92 Å². The molecule has 0 aromatic rings. The zero-order valence-electron chi connectivity index (χ0n) is 17.9. The minimum atomic E-state index is -1.59. The van der Waals surface area contributed by atoms with E-state index in [4.69, 9.17) is 26.8 Å². The second-order valence-electron chi connectivity index (χ2n) is 7.54. The molecule has 0 fully saturated rings. The molecule has 0 aromatic heterocycles. The first kappa shape index (κ1) is 28.7. The summed E-state index contributed by atoms with van der Waals surface area (Å²) in [4.78, 5) is 70.3. The van der Waals surface area contributed by atoms with Gasteiger partial charge < -0.3 is 42.7 Å². The predicted molar refractivity (Wildman–Crippen MR) is 109 cm³/mol. The average Bonchev–Trinajstić information content (AvgIpc) is 2.67. The van der Waals surface area contributed by atoms with Crippen LogP contribution in [0.2, 0.25) is 0 Å². The van der Waals surface area contributed by atoms with Crippen LogP contribution in [0.4, 0.5) is 0 Å². The van der Waals surface area contributed by atoms with Gasteiger partial charge >= 0.3 is 11.9 Å². The first-order chi connectivity index (χ1) is 14.8. The van der Waals surface area contributed by atoms with Gasteiger partial charge in [-0.2, -0.15) is 0 Å². The van der Waals surface area contributed by atoms with E-state index in [2.05, 4.69) is 16.0 Å². The van der Waals surface area contributed by atoms with E-state index >= 15 is 0 Å². The fourth-order valence-electron chi connectivity index (χ4n) is 2.53. The van der Waals surface area contributed by atoms with Crippen molar-refractivity contribution in [1.29, 1.82) is 0 Å². The molecule has 4 amide bonds. The number of carboxylic acids is 2. The lowest BCUT2D eigenvalue weighted by atomic mass is 10.0. The van der Waals surface area contributed by atoms with E-state index in [-0.39, 0.29) is 18.8 Å². The second-order valence-corrected chi connectivity index (χ2v) is 7.54. The molecule has 0 radical (unpaired) electrons. The molecule has 14 nitrogen and oxygen atoms in total. The van der Waals surface area contributed by atoms with Gasteiger partial charge in [-0.05, 0) is 18.8 Å². The zero-order valence-corrected chi connectivity index (χ0v) is 17.9. The van der Waals surface area contributed by atoms with Gasteiger partial charge in [0.1, 0.15) is 18.1 Å². The van der Waals surface area contributed by atoms with Crippen molar-refractivity contribution in [3.63, 3.8) is 0 Å². The number of nitrogens with one attached hydrogen (secondary N) is 3. The number of rotatable bonds is 15. The smallest absolute Gasteiger partial charge is 0.328 e. The van der Waals surface area contributed by atoms with Gasteiger partial charge in [0.05, 0.1) is 19.1 Å². The van der Waals surface area contributed by atoms with Gasteiger partial charge in [0.15, 0.2) is 0 Å². The molecule has 32 heavy (non-hydrogen) atoms. The summed E-state index contributed by atoms with van der Waals surface area (Å²) >= 11 is 0. The van der Waals surface area contributed by atoms with Crippen LogP contribution >= 0.6 is 0 Å². The van der Waals surface area contributed by atoms with E-state index in [1.165, 1.54) is 0 Å². The van der Waals surface area contributed by atoms with E-state index in [1.54, 1.807) is 13.8 Å². The summed E-state index contributed by atoms with van der Waals surface area (Å²) < 4.78 is 0. The Morgan fingerprint density at radius 3 is 1.78 bits per heavy atom. The second kappa shape index (κ2) is 13.9. The highest BCUT2D eigenvalue weighted by atomic mass is 16.4. The highest BCUT2D eigenvalue weighted by Crippen LogP contribution is 2.07. The number of carbonyl (C=O) groups excluding carboxylic acids is 4. The highest BCUT2D eigenvalue weighted by molar-refractivity contribution is 5.96. The van der Waals surface area contributed by atoms with Gasteiger partial charge in [0, 0.05) is 6.42 Å². The number of hydrogen-bond donors (Lipinski definition) is 8. The maximum Gasteiger partial charge on any atom is 0.328 e. The molecule has 14 heteroatoms. The fourth-order valence-corrected chi connectivity index (χ4v) is 2.53. The summed E-state index contributed by atoms with van der Waals surface area (Å²) in [6.45, 7) is 2.59. The molecule has 4 unspecified atom stereocenters. The molecule has 0 aliphatic heterocycles. The van der Waals surface area contributed by atoms with E-state index in [0.29, 0.717) is 0 Å². The van der Waals surface area contributed by atoms with Crippen LogP contribution in [0.1, 0.15) is 39.5 Å². The number of aliphatic hydroxyl groups excluding tert-OH is 1. The molecule has 4 atom stereocenters. The van der Waals surface area contributed by atoms with Crippen molar-refractivity contribution in [3.8, 4) is 0 Å². The van der Waals surface area contributed by atoms with Crippen molar-refractivity contribution in [2.45, 2.75) is 63.7 Å².